The van der Waals surface area contributed by atoms with Gasteiger partial charge in [-0.05, 0) is 49.7 Å². The van der Waals surface area contributed by atoms with E-state index in [4.69, 9.17) is 11.6 Å². The Morgan fingerprint density at radius 2 is 1.81 bits per heavy atom. The first kappa shape index (κ1) is 11.2. The molecule has 0 saturated carbocycles. The van der Waals surface area contributed by atoms with E-state index in [-0.39, 0.29) is 6.61 Å². The van der Waals surface area contributed by atoms with Crippen LogP contribution in [0.2, 0.25) is 5.02 Å². The van der Waals surface area contributed by atoms with Crippen molar-refractivity contribution in [1.82, 2.24) is 4.57 Å². The molecular formula is C13H14ClNO. The summed E-state index contributed by atoms with van der Waals surface area (Å²) in [5, 5.41) is 9.94. The Morgan fingerprint density at radius 3 is 2.31 bits per heavy atom. The number of nitrogens with zero attached hydrogens (tertiary/aromatic N) is 1. The molecule has 1 N–H and O–H groups in total. The van der Waals surface area contributed by atoms with Crippen LogP contribution >= 0.6 is 11.6 Å². The van der Waals surface area contributed by atoms with E-state index in [1.54, 1.807) is 0 Å². The largest absolute Gasteiger partial charge is 0.392 e. The van der Waals surface area contributed by atoms with E-state index in [1.165, 1.54) is 0 Å². The predicted octanol–water partition coefficient (Wildman–Crippen LogP) is 3.24. The van der Waals surface area contributed by atoms with Gasteiger partial charge in [0.25, 0.3) is 0 Å². The van der Waals surface area contributed by atoms with Crippen molar-refractivity contribution in [3.63, 3.8) is 0 Å². The average Bonchev–Trinajstić information content (AvgIpc) is 2.56. The van der Waals surface area contributed by atoms with Gasteiger partial charge in [-0.25, -0.2) is 0 Å². The number of aryl methyl sites for hydroxylation is 1. The summed E-state index contributed by atoms with van der Waals surface area (Å²) in [5.74, 6) is 0. The topological polar surface area (TPSA) is 25.2 Å². The summed E-state index contributed by atoms with van der Waals surface area (Å²) in [4.78, 5) is 0. The molecule has 1 aromatic carbocycles. The second-order valence-electron chi connectivity index (χ2n) is 3.87. The normalized spacial score (nSPS) is 10.8. The number of aliphatic hydroxyl groups excluding tert-OH is 1. The summed E-state index contributed by atoms with van der Waals surface area (Å²) in [6.45, 7) is 4.11. The zero-order chi connectivity index (χ0) is 11.7. The standard InChI is InChI=1S/C13H14ClNO/c1-9-7-11(8-16)10(2)15(9)13-5-3-12(14)4-6-13/h3-7,16H,8H2,1-2H3. The predicted molar refractivity (Wildman–Crippen MR) is 66.2 cm³/mol. The third kappa shape index (κ3) is 1.86. The van der Waals surface area contributed by atoms with Crippen LogP contribution in [0.3, 0.4) is 0 Å². The third-order valence-electron chi connectivity index (χ3n) is 2.79. The van der Waals surface area contributed by atoms with Gasteiger partial charge < -0.3 is 9.67 Å². The van der Waals surface area contributed by atoms with Gasteiger partial charge in [0, 0.05) is 22.1 Å². The number of aromatic nitrogens is 1. The maximum Gasteiger partial charge on any atom is 0.0699 e. The lowest BCUT2D eigenvalue weighted by atomic mass is 10.2. The Morgan fingerprint density at radius 1 is 1.19 bits per heavy atom. The molecule has 2 rings (SSSR count). The first-order valence-corrected chi connectivity index (χ1v) is 5.56. The molecule has 1 heterocycles. The Labute approximate surface area is 100 Å². The van der Waals surface area contributed by atoms with Crippen molar-refractivity contribution in [2.75, 3.05) is 0 Å². The van der Waals surface area contributed by atoms with Gasteiger partial charge in [0.1, 0.15) is 0 Å². The highest BCUT2D eigenvalue weighted by molar-refractivity contribution is 6.30. The van der Waals surface area contributed by atoms with E-state index in [0.29, 0.717) is 0 Å². The molecular weight excluding hydrogens is 222 g/mol. The van der Waals surface area contributed by atoms with Crippen molar-refractivity contribution < 1.29 is 5.11 Å². The third-order valence-corrected chi connectivity index (χ3v) is 3.04. The fourth-order valence-corrected chi connectivity index (χ4v) is 2.10. The van der Waals surface area contributed by atoms with Crippen LogP contribution < -0.4 is 0 Å². The monoisotopic (exact) mass is 235 g/mol. The lowest BCUT2D eigenvalue weighted by Gasteiger charge is -2.09. The van der Waals surface area contributed by atoms with Crippen LogP contribution in [0.1, 0.15) is 17.0 Å². The van der Waals surface area contributed by atoms with Crippen molar-refractivity contribution in [1.29, 1.82) is 0 Å². The van der Waals surface area contributed by atoms with Crippen LogP contribution in [-0.4, -0.2) is 9.67 Å². The molecule has 0 bridgehead atoms. The highest BCUT2D eigenvalue weighted by atomic mass is 35.5. The second kappa shape index (κ2) is 4.32. The lowest BCUT2D eigenvalue weighted by molar-refractivity contribution is 0.281. The summed E-state index contributed by atoms with van der Waals surface area (Å²) in [6.07, 6.45) is 0. The minimum absolute atomic E-state index is 0.0766. The highest BCUT2D eigenvalue weighted by Crippen LogP contribution is 2.21. The summed E-state index contributed by atoms with van der Waals surface area (Å²) < 4.78 is 2.11. The maximum atomic E-state index is 9.21. The van der Waals surface area contributed by atoms with Gasteiger partial charge in [-0.3, -0.25) is 0 Å². The SMILES string of the molecule is Cc1cc(CO)c(C)n1-c1ccc(Cl)cc1. The molecule has 0 amide bonds. The Kier molecular flexibility index (Phi) is 3.03. The number of benzene rings is 1. The molecule has 0 unspecified atom stereocenters. The minimum Gasteiger partial charge on any atom is -0.392 e. The van der Waals surface area contributed by atoms with Gasteiger partial charge >= 0.3 is 0 Å². The molecule has 0 spiro atoms. The van der Waals surface area contributed by atoms with Gasteiger partial charge in [-0.2, -0.15) is 0 Å². The van der Waals surface area contributed by atoms with Crippen molar-refractivity contribution in [2.24, 2.45) is 0 Å². The Balaban J connectivity index is 2.55. The fourth-order valence-electron chi connectivity index (χ4n) is 1.98. The lowest BCUT2D eigenvalue weighted by Crippen LogP contribution is -1.99. The molecule has 0 radical (unpaired) electrons. The van der Waals surface area contributed by atoms with Crippen LogP contribution in [0.5, 0.6) is 0 Å². The fraction of sp³-hybridized carbons (Fsp3) is 0.231. The molecule has 3 heteroatoms. The van der Waals surface area contributed by atoms with Crippen molar-refractivity contribution in [2.45, 2.75) is 20.5 Å². The molecule has 0 aliphatic carbocycles. The van der Waals surface area contributed by atoms with Crippen molar-refractivity contribution in [3.8, 4) is 5.69 Å². The molecule has 0 fully saturated rings. The van der Waals surface area contributed by atoms with Crippen LogP contribution in [-0.2, 0) is 6.61 Å². The summed E-state index contributed by atoms with van der Waals surface area (Å²) in [7, 11) is 0. The molecule has 0 aliphatic heterocycles. The first-order valence-electron chi connectivity index (χ1n) is 5.18. The zero-order valence-corrected chi connectivity index (χ0v) is 10.1. The summed E-state index contributed by atoms with van der Waals surface area (Å²) >= 11 is 5.86. The van der Waals surface area contributed by atoms with Crippen molar-refractivity contribution >= 4 is 11.6 Å². The molecule has 16 heavy (non-hydrogen) atoms. The summed E-state index contributed by atoms with van der Waals surface area (Å²) in [6, 6.07) is 9.69. The maximum absolute atomic E-state index is 9.21. The average molecular weight is 236 g/mol. The highest BCUT2D eigenvalue weighted by Gasteiger charge is 2.09. The zero-order valence-electron chi connectivity index (χ0n) is 9.37. The smallest absolute Gasteiger partial charge is 0.0699 e. The van der Waals surface area contributed by atoms with E-state index < -0.39 is 0 Å². The van der Waals surface area contributed by atoms with Gasteiger partial charge in [0.05, 0.1) is 6.61 Å². The number of rotatable bonds is 2. The van der Waals surface area contributed by atoms with Gasteiger partial charge in [-0.1, -0.05) is 11.6 Å². The second-order valence-corrected chi connectivity index (χ2v) is 4.30. The van der Waals surface area contributed by atoms with Gasteiger partial charge in [0.2, 0.25) is 0 Å². The summed E-state index contributed by atoms with van der Waals surface area (Å²) in [5.41, 5.74) is 4.22. The molecule has 1 aromatic heterocycles. The minimum atomic E-state index is 0.0766. The first-order chi connectivity index (χ1) is 7.63. The van der Waals surface area contributed by atoms with Crippen LogP contribution in [0, 0.1) is 13.8 Å². The van der Waals surface area contributed by atoms with E-state index in [1.807, 2.05) is 44.2 Å². The van der Waals surface area contributed by atoms with E-state index in [9.17, 15) is 5.11 Å². The number of halogens is 1. The molecule has 0 atom stereocenters. The number of hydrogen-bond donors (Lipinski definition) is 1. The Bertz CT molecular complexity index is 499. The van der Waals surface area contributed by atoms with E-state index in [2.05, 4.69) is 4.57 Å². The van der Waals surface area contributed by atoms with E-state index in [0.717, 1.165) is 27.7 Å². The van der Waals surface area contributed by atoms with Crippen LogP contribution in [0.4, 0.5) is 0 Å². The quantitative estimate of drug-likeness (QED) is 0.850. The number of hydrogen-bond acceptors (Lipinski definition) is 1. The Hall–Kier alpha value is -1.25. The van der Waals surface area contributed by atoms with E-state index >= 15 is 0 Å². The molecule has 0 saturated heterocycles. The molecule has 0 aliphatic rings. The van der Waals surface area contributed by atoms with Gasteiger partial charge in [-0.15, -0.1) is 0 Å². The molecule has 2 aromatic rings. The van der Waals surface area contributed by atoms with Crippen LogP contribution in [0.15, 0.2) is 30.3 Å². The molecule has 84 valence electrons. The van der Waals surface area contributed by atoms with Crippen molar-refractivity contribution in [3.05, 3.63) is 52.3 Å². The van der Waals surface area contributed by atoms with Crippen LogP contribution in [0.25, 0.3) is 5.69 Å². The molecule has 2 nitrogen and oxygen atoms in total. The van der Waals surface area contributed by atoms with Gasteiger partial charge in [0.15, 0.2) is 0 Å². The number of aliphatic hydroxyl groups is 1.